The van der Waals surface area contributed by atoms with E-state index < -0.39 is 0 Å². The number of hydrogen-bond donors (Lipinski definition) is 1. The van der Waals surface area contributed by atoms with Crippen molar-refractivity contribution in [3.8, 4) is 33.4 Å². The number of aromatic amines is 1. The van der Waals surface area contributed by atoms with Crippen molar-refractivity contribution in [1.29, 1.82) is 0 Å². The molecule has 0 radical (unpaired) electrons. The summed E-state index contributed by atoms with van der Waals surface area (Å²) in [6.45, 7) is 0. The molecule has 1 aromatic heterocycles. The minimum atomic E-state index is -0.295. The highest BCUT2D eigenvalue weighted by atomic mass is 16.6. The van der Waals surface area contributed by atoms with Gasteiger partial charge >= 0.3 is 0 Å². The van der Waals surface area contributed by atoms with Crippen molar-refractivity contribution in [3.05, 3.63) is 101 Å². The van der Waals surface area contributed by atoms with Gasteiger partial charge in [-0.05, 0) is 51.2 Å². The number of nitrogens with zero attached hydrogens (tertiary/aromatic N) is 1. The molecule has 0 bridgehead atoms. The highest BCUT2D eigenvalue weighted by Gasteiger charge is 2.26. The standard InChI is InChI=1S/C28H16N2O2/c31-30(32)24-11-4-3-8-18(24)21-13-15-23-28-26(21)20-9-2-1-7-17(20)19-10-5-6-16-12-14-22(29-23)27(28)25(16)19/h1-15,29H. The third kappa shape index (κ3) is 2.11. The Labute approximate surface area is 182 Å². The first-order chi connectivity index (χ1) is 15.7. The summed E-state index contributed by atoms with van der Waals surface area (Å²) in [5.74, 6) is 0. The summed E-state index contributed by atoms with van der Waals surface area (Å²) < 4.78 is 0. The second-order valence-corrected chi connectivity index (χ2v) is 8.25. The fourth-order valence-electron chi connectivity index (χ4n) is 5.38. The van der Waals surface area contributed by atoms with E-state index in [-0.39, 0.29) is 10.6 Å². The predicted octanol–water partition coefficient (Wildman–Crippen LogP) is 7.70. The van der Waals surface area contributed by atoms with Crippen molar-refractivity contribution in [2.24, 2.45) is 0 Å². The van der Waals surface area contributed by atoms with Gasteiger partial charge in [0, 0.05) is 33.4 Å². The van der Waals surface area contributed by atoms with Crippen LogP contribution in [0.15, 0.2) is 91.0 Å². The third-order valence-corrected chi connectivity index (χ3v) is 6.65. The molecule has 4 heteroatoms. The van der Waals surface area contributed by atoms with Crippen LogP contribution in [0.2, 0.25) is 0 Å². The van der Waals surface area contributed by atoms with E-state index in [9.17, 15) is 10.1 Å². The predicted molar refractivity (Wildman–Crippen MR) is 130 cm³/mol. The highest BCUT2D eigenvalue weighted by molar-refractivity contribution is 6.31. The maximum Gasteiger partial charge on any atom is 0.277 e. The van der Waals surface area contributed by atoms with Crippen LogP contribution in [0.3, 0.4) is 0 Å². The number of para-hydroxylation sites is 1. The lowest BCUT2D eigenvalue weighted by Crippen LogP contribution is -1.94. The normalized spacial score (nSPS) is 12.0. The molecule has 5 aromatic carbocycles. The molecule has 1 heterocycles. The second-order valence-electron chi connectivity index (χ2n) is 8.25. The molecule has 1 aliphatic carbocycles. The first kappa shape index (κ1) is 17.3. The van der Waals surface area contributed by atoms with E-state index >= 15 is 0 Å². The smallest absolute Gasteiger partial charge is 0.277 e. The fourth-order valence-corrected chi connectivity index (χ4v) is 5.38. The molecule has 150 valence electrons. The van der Waals surface area contributed by atoms with Gasteiger partial charge in [-0.2, -0.15) is 0 Å². The lowest BCUT2D eigenvalue weighted by atomic mass is 9.88. The Morgan fingerprint density at radius 1 is 0.562 bits per heavy atom. The van der Waals surface area contributed by atoms with Gasteiger partial charge in [0.15, 0.2) is 0 Å². The van der Waals surface area contributed by atoms with Crippen molar-refractivity contribution < 1.29 is 4.92 Å². The molecular weight excluding hydrogens is 396 g/mol. The first-order valence-corrected chi connectivity index (χ1v) is 10.6. The van der Waals surface area contributed by atoms with Gasteiger partial charge < -0.3 is 4.98 Å². The van der Waals surface area contributed by atoms with E-state index in [1.807, 2.05) is 30.3 Å². The highest BCUT2D eigenvalue weighted by Crippen LogP contribution is 2.51. The van der Waals surface area contributed by atoms with Crippen molar-refractivity contribution in [2.75, 3.05) is 0 Å². The molecule has 0 unspecified atom stereocenters. The molecule has 4 nitrogen and oxygen atoms in total. The molecule has 0 atom stereocenters. The maximum atomic E-state index is 11.9. The SMILES string of the molecule is O=[N+]([O-])c1ccccc1-c1ccc2[nH]c3ccc4cccc5c4c3c2c1-c1ccccc1-5. The lowest BCUT2D eigenvalue weighted by Gasteiger charge is -2.15. The molecule has 0 fully saturated rings. The van der Waals surface area contributed by atoms with E-state index in [1.54, 1.807) is 12.1 Å². The number of nitro groups is 1. The zero-order chi connectivity index (χ0) is 21.4. The summed E-state index contributed by atoms with van der Waals surface area (Å²) in [7, 11) is 0. The van der Waals surface area contributed by atoms with E-state index in [0.29, 0.717) is 5.56 Å². The second kappa shape index (κ2) is 6.05. The first-order valence-electron chi connectivity index (χ1n) is 10.6. The van der Waals surface area contributed by atoms with Crippen LogP contribution in [0.25, 0.3) is 66.0 Å². The van der Waals surface area contributed by atoms with Gasteiger partial charge in [0.2, 0.25) is 0 Å². The molecule has 0 amide bonds. The Balaban J connectivity index is 1.78. The zero-order valence-corrected chi connectivity index (χ0v) is 16.9. The van der Waals surface area contributed by atoms with Gasteiger partial charge in [-0.15, -0.1) is 0 Å². The summed E-state index contributed by atoms with van der Waals surface area (Å²) in [6.07, 6.45) is 0. The number of benzene rings is 5. The fraction of sp³-hybridized carbons (Fsp3) is 0. The molecular formula is C28H16N2O2. The van der Waals surface area contributed by atoms with Gasteiger partial charge in [0.05, 0.1) is 10.5 Å². The Hall–Kier alpha value is -4.44. The van der Waals surface area contributed by atoms with Gasteiger partial charge in [-0.3, -0.25) is 10.1 Å². The monoisotopic (exact) mass is 412 g/mol. The van der Waals surface area contributed by atoms with Crippen molar-refractivity contribution in [2.45, 2.75) is 0 Å². The van der Waals surface area contributed by atoms with E-state index in [0.717, 1.165) is 38.7 Å². The van der Waals surface area contributed by atoms with Crippen LogP contribution < -0.4 is 0 Å². The molecule has 0 spiro atoms. The van der Waals surface area contributed by atoms with E-state index in [1.165, 1.54) is 21.7 Å². The summed E-state index contributed by atoms with van der Waals surface area (Å²) in [4.78, 5) is 15.2. The molecule has 1 aliphatic rings. The van der Waals surface area contributed by atoms with Gasteiger partial charge in [-0.25, -0.2) is 0 Å². The number of nitrogens with one attached hydrogen (secondary N) is 1. The lowest BCUT2D eigenvalue weighted by molar-refractivity contribution is -0.384. The Kier molecular flexibility index (Phi) is 3.26. The summed E-state index contributed by atoms with van der Waals surface area (Å²) in [5, 5.41) is 16.6. The minimum Gasteiger partial charge on any atom is -0.354 e. The summed E-state index contributed by atoms with van der Waals surface area (Å²) in [6, 6.07) is 30.2. The zero-order valence-electron chi connectivity index (χ0n) is 16.9. The number of H-pyrrole nitrogens is 1. The number of nitro benzene ring substituents is 1. The average molecular weight is 412 g/mol. The topological polar surface area (TPSA) is 58.9 Å². The van der Waals surface area contributed by atoms with Crippen molar-refractivity contribution in [3.63, 3.8) is 0 Å². The van der Waals surface area contributed by atoms with Crippen LogP contribution in [-0.2, 0) is 0 Å². The molecule has 32 heavy (non-hydrogen) atoms. The number of rotatable bonds is 2. The third-order valence-electron chi connectivity index (χ3n) is 6.65. The molecule has 1 N–H and O–H groups in total. The molecule has 0 saturated heterocycles. The average Bonchev–Trinajstić information content (AvgIpc) is 3.15. The van der Waals surface area contributed by atoms with Gasteiger partial charge in [0.1, 0.15) is 0 Å². The Morgan fingerprint density at radius 3 is 2.09 bits per heavy atom. The van der Waals surface area contributed by atoms with Crippen LogP contribution in [-0.4, -0.2) is 9.91 Å². The summed E-state index contributed by atoms with van der Waals surface area (Å²) >= 11 is 0. The van der Waals surface area contributed by atoms with Crippen molar-refractivity contribution in [1.82, 2.24) is 4.98 Å². The molecule has 7 rings (SSSR count). The molecule has 0 saturated carbocycles. The van der Waals surface area contributed by atoms with Crippen LogP contribution in [0, 0.1) is 10.1 Å². The quantitative estimate of drug-likeness (QED) is 0.234. The largest absolute Gasteiger partial charge is 0.354 e. The maximum absolute atomic E-state index is 11.9. The van der Waals surface area contributed by atoms with Crippen LogP contribution >= 0.6 is 0 Å². The van der Waals surface area contributed by atoms with Gasteiger partial charge in [-0.1, -0.05) is 66.7 Å². The molecule has 6 aromatic rings. The van der Waals surface area contributed by atoms with Crippen molar-refractivity contribution >= 4 is 38.3 Å². The Morgan fingerprint density at radius 2 is 1.25 bits per heavy atom. The van der Waals surface area contributed by atoms with E-state index in [2.05, 4.69) is 53.5 Å². The molecule has 0 aliphatic heterocycles. The minimum absolute atomic E-state index is 0.118. The van der Waals surface area contributed by atoms with Crippen LogP contribution in [0.1, 0.15) is 0 Å². The van der Waals surface area contributed by atoms with Crippen LogP contribution in [0.4, 0.5) is 5.69 Å². The van der Waals surface area contributed by atoms with E-state index in [4.69, 9.17) is 0 Å². The summed E-state index contributed by atoms with van der Waals surface area (Å²) in [5.41, 5.74) is 8.22. The van der Waals surface area contributed by atoms with Gasteiger partial charge in [0.25, 0.3) is 5.69 Å². The number of hydrogen-bond acceptors (Lipinski definition) is 2. The van der Waals surface area contributed by atoms with Crippen LogP contribution in [0.5, 0.6) is 0 Å². The number of fused-ring (bicyclic) bond motifs is 3. The Bertz CT molecular complexity index is 1760. The number of aromatic nitrogens is 1.